The Bertz CT molecular complexity index is 1830. The predicted octanol–water partition coefficient (Wildman–Crippen LogP) is 9.79. The molecule has 0 unspecified atom stereocenters. The number of nitrogens with zero attached hydrogens (tertiary/aromatic N) is 2. The number of phenols is 2. The lowest BCUT2D eigenvalue weighted by Crippen LogP contribution is -2.11. The van der Waals surface area contributed by atoms with Crippen molar-refractivity contribution in [2.45, 2.75) is 52.4 Å². The van der Waals surface area contributed by atoms with E-state index in [1.807, 2.05) is 84.9 Å². The van der Waals surface area contributed by atoms with Gasteiger partial charge in [0.1, 0.15) is 11.5 Å². The van der Waals surface area contributed by atoms with Crippen molar-refractivity contribution in [1.82, 2.24) is 9.97 Å². The summed E-state index contributed by atoms with van der Waals surface area (Å²) in [4.78, 5) is 9.35. The van der Waals surface area contributed by atoms with Crippen molar-refractivity contribution in [3.05, 3.63) is 108 Å². The van der Waals surface area contributed by atoms with Gasteiger partial charge in [0.15, 0.2) is 0 Å². The van der Waals surface area contributed by atoms with Crippen LogP contribution in [-0.4, -0.2) is 20.2 Å². The molecule has 6 rings (SSSR count). The normalized spacial score (nSPS) is 12.2. The molecule has 0 aliphatic heterocycles. The molecule has 2 heterocycles. The first-order valence-corrected chi connectivity index (χ1v) is 14.4. The molecule has 6 aromatic rings. The minimum atomic E-state index is -0.0790. The molecular formula is C38H36N2O2. The highest BCUT2D eigenvalue weighted by molar-refractivity contribution is 6.13. The molecular weight excluding hydrogens is 516 g/mol. The maximum absolute atomic E-state index is 12.1. The number of aromatic nitrogens is 2. The van der Waals surface area contributed by atoms with E-state index in [0.29, 0.717) is 33.6 Å². The molecule has 42 heavy (non-hydrogen) atoms. The van der Waals surface area contributed by atoms with Crippen LogP contribution in [0.15, 0.2) is 97.3 Å². The average Bonchev–Trinajstić information content (AvgIpc) is 2.96. The van der Waals surface area contributed by atoms with E-state index in [0.717, 1.165) is 32.7 Å². The van der Waals surface area contributed by atoms with Crippen molar-refractivity contribution in [2.75, 3.05) is 0 Å². The topological polar surface area (TPSA) is 66.2 Å². The maximum atomic E-state index is 12.1. The lowest BCUT2D eigenvalue weighted by atomic mass is 9.84. The Kier molecular flexibility index (Phi) is 6.53. The summed E-state index contributed by atoms with van der Waals surface area (Å²) >= 11 is 0. The largest absolute Gasteiger partial charge is 0.507 e. The van der Waals surface area contributed by atoms with Crippen LogP contribution in [0, 0.1) is 0 Å². The van der Waals surface area contributed by atoms with Crippen LogP contribution >= 0.6 is 0 Å². The van der Waals surface area contributed by atoms with Gasteiger partial charge in [-0.2, -0.15) is 0 Å². The molecule has 0 fully saturated rings. The summed E-state index contributed by atoms with van der Waals surface area (Å²) in [6, 6.07) is 28.0. The van der Waals surface area contributed by atoms with Crippen LogP contribution in [0.5, 0.6) is 11.5 Å². The van der Waals surface area contributed by atoms with Crippen LogP contribution < -0.4 is 0 Å². The molecule has 4 aromatic carbocycles. The van der Waals surface area contributed by atoms with Gasteiger partial charge in [0, 0.05) is 34.6 Å². The fourth-order valence-corrected chi connectivity index (χ4v) is 5.66. The molecule has 0 atom stereocenters. The van der Waals surface area contributed by atoms with Gasteiger partial charge in [-0.1, -0.05) is 90.1 Å². The summed E-state index contributed by atoms with van der Waals surface area (Å²) in [5, 5.41) is 27.8. The highest BCUT2D eigenvalue weighted by Gasteiger charge is 2.25. The summed E-state index contributed by atoms with van der Waals surface area (Å²) in [5.41, 5.74) is 5.87. The molecule has 0 spiro atoms. The fourth-order valence-electron chi connectivity index (χ4n) is 5.66. The lowest BCUT2D eigenvalue weighted by Gasteiger charge is -2.22. The third-order valence-electron chi connectivity index (χ3n) is 8.10. The summed E-state index contributed by atoms with van der Waals surface area (Å²) in [7, 11) is 0. The second-order valence-corrected chi connectivity index (χ2v) is 13.1. The molecule has 0 radical (unpaired) electrons. The smallest absolute Gasteiger partial charge is 0.133 e. The van der Waals surface area contributed by atoms with Crippen LogP contribution in [-0.2, 0) is 10.8 Å². The van der Waals surface area contributed by atoms with Crippen molar-refractivity contribution < 1.29 is 10.2 Å². The van der Waals surface area contributed by atoms with Gasteiger partial charge in [-0.15, -0.1) is 0 Å². The predicted molar refractivity (Wildman–Crippen MR) is 174 cm³/mol. The Morgan fingerprint density at radius 3 is 1.26 bits per heavy atom. The van der Waals surface area contributed by atoms with Crippen LogP contribution in [0.4, 0.5) is 0 Å². The minimum absolute atomic E-state index is 0.0790. The summed E-state index contributed by atoms with van der Waals surface area (Å²) in [5.74, 6) is 0.169. The molecule has 0 saturated carbocycles. The number of aromatic hydroxyl groups is 2. The second kappa shape index (κ2) is 9.99. The van der Waals surface area contributed by atoms with Crippen molar-refractivity contribution in [3.8, 4) is 45.1 Å². The zero-order chi connectivity index (χ0) is 29.8. The van der Waals surface area contributed by atoms with Gasteiger partial charge < -0.3 is 10.2 Å². The fraction of sp³-hybridized carbons (Fsp3) is 0.211. The third-order valence-corrected chi connectivity index (χ3v) is 8.10. The molecule has 0 saturated heterocycles. The quantitative estimate of drug-likeness (QED) is 0.229. The molecule has 0 aliphatic carbocycles. The third kappa shape index (κ3) is 4.77. The van der Waals surface area contributed by atoms with E-state index in [4.69, 9.17) is 0 Å². The minimum Gasteiger partial charge on any atom is -0.507 e. The zero-order valence-corrected chi connectivity index (χ0v) is 25.0. The summed E-state index contributed by atoms with van der Waals surface area (Å²) < 4.78 is 0. The van der Waals surface area contributed by atoms with Crippen molar-refractivity contribution in [2.24, 2.45) is 0 Å². The first-order chi connectivity index (χ1) is 19.9. The van der Waals surface area contributed by atoms with Crippen LogP contribution in [0.1, 0.15) is 52.7 Å². The number of benzene rings is 4. The number of fused-ring (bicyclic) bond motifs is 2. The van der Waals surface area contributed by atoms with Gasteiger partial charge in [-0.25, -0.2) is 0 Å². The van der Waals surface area contributed by atoms with Crippen LogP contribution in [0.25, 0.3) is 55.2 Å². The van der Waals surface area contributed by atoms with E-state index < -0.39 is 0 Å². The van der Waals surface area contributed by atoms with Crippen LogP contribution in [0.2, 0.25) is 0 Å². The average molecular weight is 553 g/mol. The standard InChI is InChI=1S/C38H36N2O2/c1-37(2,3)25-15-17-39-31(21-25)29-19-23-11-7-9-13-27(23)33(35(29)41)34-28-14-10-8-12-24(28)20-30(36(34)42)32-22-26(16-18-40-32)38(4,5)6/h7-22,41-42H,1-6H3. The van der Waals surface area contributed by atoms with E-state index in [1.54, 1.807) is 12.4 Å². The molecule has 0 aliphatic rings. The zero-order valence-electron chi connectivity index (χ0n) is 25.0. The Balaban J connectivity index is 1.71. The molecule has 210 valence electrons. The molecule has 4 nitrogen and oxygen atoms in total. The van der Waals surface area contributed by atoms with Gasteiger partial charge in [-0.3, -0.25) is 9.97 Å². The van der Waals surface area contributed by atoms with Crippen LogP contribution in [0.3, 0.4) is 0 Å². The molecule has 4 heteroatoms. The first kappa shape index (κ1) is 27.5. The van der Waals surface area contributed by atoms with E-state index in [-0.39, 0.29) is 22.3 Å². The molecule has 0 bridgehead atoms. The summed E-state index contributed by atoms with van der Waals surface area (Å²) in [6.45, 7) is 13.0. The Hall–Kier alpha value is -4.70. The van der Waals surface area contributed by atoms with Gasteiger partial charge in [-0.05, 0) is 79.9 Å². The number of hydrogen-bond acceptors (Lipinski definition) is 4. The van der Waals surface area contributed by atoms with E-state index >= 15 is 0 Å². The maximum Gasteiger partial charge on any atom is 0.133 e. The van der Waals surface area contributed by atoms with Gasteiger partial charge >= 0.3 is 0 Å². The Morgan fingerprint density at radius 2 is 0.881 bits per heavy atom. The molecule has 0 amide bonds. The highest BCUT2D eigenvalue weighted by Crippen LogP contribution is 2.51. The first-order valence-electron chi connectivity index (χ1n) is 14.4. The highest BCUT2D eigenvalue weighted by atomic mass is 16.3. The molecule has 2 aromatic heterocycles. The summed E-state index contributed by atoms with van der Waals surface area (Å²) in [6.07, 6.45) is 3.59. The van der Waals surface area contributed by atoms with Crippen molar-refractivity contribution >= 4 is 21.5 Å². The van der Waals surface area contributed by atoms with Gasteiger partial charge in [0.05, 0.1) is 11.4 Å². The van der Waals surface area contributed by atoms with Crippen molar-refractivity contribution in [3.63, 3.8) is 0 Å². The number of hydrogen-bond donors (Lipinski definition) is 2. The molecule has 2 N–H and O–H groups in total. The van der Waals surface area contributed by atoms with Crippen molar-refractivity contribution in [1.29, 1.82) is 0 Å². The number of pyridine rings is 2. The SMILES string of the molecule is CC(C)(C)c1ccnc(-c2cc3ccccc3c(-c3c(O)c(-c4cc(C(C)(C)C)ccn4)cc4ccccc34)c2O)c1. The van der Waals surface area contributed by atoms with E-state index in [2.05, 4.69) is 51.5 Å². The van der Waals surface area contributed by atoms with Gasteiger partial charge in [0.25, 0.3) is 0 Å². The monoisotopic (exact) mass is 552 g/mol. The Labute approximate surface area is 247 Å². The number of phenolic OH excluding ortho intramolecular Hbond substituents is 2. The van der Waals surface area contributed by atoms with Gasteiger partial charge in [0.2, 0.25) is 0 Å². The second-order valence-electron chi connectivity index (χ2n) is 13.1. The number of rotatable bonds is 3. The lowest BCUT2D eigenvalue weighted by molar-refractivity contribution is 0.472. The van der Waals surface area contributed by atoms with E-state index in [9.17, 15) is 10.2 Å². The van der Waals surface area contributed by atoms with E-state index in [1.165, 1.54) is 0 Å². The Morgan fingerprint density at radius 1 is 0.500 bits per heavy atom.